The van der Waals surface area contributed by atoms with Gasteiger partial charge in [-0.15, -0.1) is 0 Å². The van der Waals surface area contributed by atoms with Gasteiger partial charge in [-0.2, -0.15) is 0 Å². The summed E-state index contributed by atoms with van der Waals surface area (Å²) in [6.07, 6.45) is 4.76. The Morgan fingerprint density at radius 1 is 1.16 bits per heavy atom. The summed E-state index contributed by atoms with van der Waals surface area (Å²) in [5.74, 6) is 0.0219. The minimum absolute atomic E-state index is 0.0971. The number of esters is 1. The fourth-order valence-corrected chi connectivity index (χ4v) is 2.77. The molecule has 2 aromatic rings. The van der Waals surface area contributed by atoms with Crippen molar-refractivity contribution in [2.75, 3.05) is 6.61 Å². The molecule has 0 unspecified atom stereocenters. The third kappa shape index (κ3) is 6.25. The van der Waals surface area contributed by atoms with Crippen LogP contribution < -0.4 is 5.32 Å². The number of hydrogen-bond donors (Lipinski definition) is 2. The number of amides is 1. The predicted octanol–water partition coefficient (Wildman–Crippen LogP) is 3.58. The van der Waals surface area contributed by atoms with Crippen LogP contribution in [0.4, 0.5) is 0 Å². The van der Waals surface area contributed by atoms with E-state index in [4.69, 9.17) is 4.74 Å². The number of nitrogens with one attached hydrogen (secondary N) is 2. The Morgan fingerprint density at radius 2 is 1.92 bits per heavy atom. The van der Waals surface area contributed by atoms with Gasteiger partial charge in [-0.1, -0.05) is 32.0 Å². The quantitative estimate of drug-likeness (QED) is 0.683. The van der Waals surface area contributed by atoms with Crippen molar-refractivity contribution >= 4 is 22.8 Å². The van der Waals surface area contributed by atoms with E-state index in [1.54, 1.807) is 0 Å². The Hall–Kier alpha value is -2.30. The topological polar surface area (TPSA) is 71.2 Å². The molecule has 0 bridgehead atoms. The molecule has 0 radical (unpaired) electrons. The molecule has 25 heavy (non-hydrogen) atoms. The number of aryl methyl sites for hydroxylation is 1. The van der Waals surface area contributed by atoms with E-state index in [1.165, 1.54) is 0 Å². The number of carbonyl (C=O) groups is 2. The lowest BCUT2D eigenvalue weighted by atomic mass is 10.0. The van der Waals surface area contributed by atoms with Crippen LogP contribution in [0.5, 0.6) is 0 Å². The van der Waals surface area contributed by atoms with Crippen LogP contribution in [0, 0.1) is 5.92 Å². The largest absolute Gasteiger partial charge is 0.456 e. The van der Waals surface area contributed by atoms with E-state index in [0.29, 0.717) is 12.3 Å². The van der Waals surface area contributed by atoms with E-state index in [1.807, 2.05) is 37.4 Å². The molecule has 1 aromatic heterocycles. The average Bonchev–Trinajstić information content (AvgIpc) is 2.99. The van der Waals surface area contributed by atoms with Gasteiger partial charge in [-0.05, 0) is 43.7 Å². The second-order valence-electron chi connectivity index (χ2n) is 6.96. The smallest absolute Gasteiger partial charge is 0.306 e. The molecule has 0 aliphatic carbocycles. The van der Waals surface area contributed by atoms with Crippen molar-refractivity contribution in [1.82, 2.24) is 10.3 Å². The van der Waals surface area contributed by atoms with E-state index in [9.17, 15) is 9.59 Å². The monoisotopic (exact) mass is 344 g/mol. The number of benzene rings is 1. The molecule has 1 atom stereocenters. The van der Waals surface area contributed by atoms with Crippen LogP contribution >= 0.6 is 0 Å². The zero-order chi connectivity index (χ0) is 18.2. The molecule has 1 heterocycles. The van der Waals surface area contributed by atoms with E-state index in [2.05, 4.69) is 24.1 Å². The van der Waals surface area contributed by atoms with Crippen molar-refractivity contribution < 1.29 is 14.3 Å². The van der Waals surface area contributed by atoms with E-state index in [0.717, 1.165) is 29.3 Å². The Balaban J connectivity index is 1.69. The zero-order valence-electron chi connectivity index (χ0n) is 15.3. The number of fused-ring (bicyclic) bond motifs is 1. The summed E-state index contributed by atoms with van der Waals surface area (Å²) in [5.41, 5.74) is 2.14. The van der Waals surface area contributed by atoms with E-state index in [-0.39, 0.29) is 30.9 Å². The van der Waals surface area contributed by atoms with Gasteiger partial charge in [0.25, 0.3) is 5.91 Å². The maximum atomic E-state index is 11.9. The van der Waals surface area contributed by atoms with Gasteiger partial charge in [0.15, 0.2) is 6.61 Å². The van der Waals surface area contributed by atoms with Crippen LogP contribution in [-0.2, 0) is 20.7 Å². The maximum absolute atomic E-state index is 11.9. The standard InChI is InChI=1S/C20H28N2O3/c1-14(2)8-9-15(3)22-19(23)13-25-20(24)11-10-16-12-21-18-7-5-4-6-17(16)18/h4-7,12,14-15,21H,8-11,13H2,1-3H3,(H,22,23)/t15-/m1/s1. The summed E-state index contributed by atoms with van der Waals surface area (Å²) in [6.45, 7) is 6.08. The number of ether oxygens (including phenoxy) is 1. The van der Waals surface area contributed by atoms with Crippen molar-refractivity contribution in [2.24, 2.45) is 5.92 Å². The zero-order valence-corrected chi connectivity index (χ0v) is 15.3. The Bertz CT molecular complexity index is 706. The summed E-state index contributed by atoms with van der Waals surface area (Å²) < 4.78 is 5.08. The fourth-order valence-electron chi connectivity index (χ4n) is 2.77. The third-order valence-electron chi connectivity index (χ3n) is 4.22. The molecule has 2 N–H and O–H groups in total. The van der Waals surface area contributed by atoms with Crippen LogP contribution in [0.25, 0.3) is 10.9 Å². The lowest BCUT2D eigenvalue weighted by Gasteiger charge is -2.15. The first-order valence-electron chi connectivity index (χ1n) is 8.95. The minimum atomic E-state index is -0.352. The molecule has 1 aromatic carbocycles. The number of H-pyrrole nitrogens is 1. The van der Waals surface area contributed by atoms with Crippen molar-refractivity contribution in [2.45, 2.75) is 52.5 Å². The van der Waals surface area contributed by atoms with Gasteiger partial charge >= 0.3 is 5.97 Å². The first-order valence-corrected chi connectivity index (χ1v) is 8.95. The van der Waals surface area contributed by atoms with Crippen LogP contribution in [0.15, 0.2) is 30.5 Å². The molecule has 0 aliphatic heterocycles. The number of hydrogen-bond acceptors (Lipinski definition) is 3. The number of para-hydroxylation sites is 1. The lowest BCUT2D eigenvalue weighted by Crippen LogP contribution is -2.36. The number of carbonyl (C=O) groups excluding carboxylic acids is 2. The van der Waals surface area contributed by atoms with Crippen LogP contribution in [0.3, 0.4) is 0 Å². The Morgan fingerprint density at radius 3 is 2.68 bits per heavy atom. The Kier molecular flexibility index (Phi) is 7.04. The molecular weight excluding hydrogens is 316 g/mol. The summed E-state index contributed by atoms with van der Waals surface area (Å²) in [7, 11) is 0. The maximum Gasteiger partial charge on any atom is 0.306 e. The van der Waals surface area contributed by atoms with Crippen LogP contribution in [0.2, 0.25) is 0 Å². The Labute approximate surface area is 149 Å². The van der Waals surface area contributed by atoms with Crippen LogP contribution in [-0.4, -0.2) is 29.5 Å². The first kappa shape index (κ1) is 19.0. The highest BCUT2D eigenvalue weighted by Crippen LogP contribution is 2.19. The predicted molar refractivity (Wildman–Crippen MR) is 99.3 cm³/mol. The molecule has 5 nitrogen and oxygen atoms in total. The van der Waals surface area contributed by atoms with Crippen molar-refractivity contribution in [3.63, 3.8) is 0 Å². The molecule has 0 spiro atoms. The average molecular weight is 344 g/mol. The number of aromatic nitrogens is 1. The lowest BCUT2D eigenvalue weighted by molar-refractivity contribution is -0.148. The molecule has 0 saturated carbocycles. The molecule has 0 fully saturated rings. The summed E-state index contributed by atoms with van der Waals surface area (Å²) in [5, 5.41) is 3.98. The molecule has 1 amide bonds. The second kappa shape index (κ2) is 9.25. The highest BCUT2D eigenvalue weighted by Gasteiger charge is 2.12. The molecule has 2 rings (SSSR count). The summed E-state index contributed by atoms with van der Waals surface area (Å²) in [6, 6.07) is 8.07. The fraction of sp³-hybridized carbons (Fsp3) is 0.500. The van der Waals surface area contributed by atoms with Gasteiger partial charge in [-0.3, -0.25) is 9.59 Å². The van der Waals surface area contributed by atoms with E-state index < -0.39 is 0 Å². The van der Waals surface area contributed by atoms with Gasteiger partial charge in [0, 0.05) is 29.6 Å². The summed E-state index contributed by atoms with van der Waals surface area (Å²) in [4.78, 5) is 26.9. The SMILES string of the molecule is CC(C)CC[C@@H](C)NC(=O)COC(=O)CCc1c[nH]c2ccccc12. The molecule has 5 heteroatoms. The van der Waals surface area contributed by atoms with Crippen LogP contribution in [0.1, 0.15) is 45.6 Å². The first-order chi connectivity index (χ1) is 12.0. The number of aromatic amines is 1. The molecule has 136 valence electrons. The highest BCUT2D eigenvalue weighted by molar-refractivity contribution is 5.84. The van der Waals surface area contributed by atoms with Gasteiger partial charge < -0.3 is 15.0 Å². The van der Waals surface area contributed by atoms with Gasteiger partial charge in [0.05, 0.1) is 0 Å². The van der Waals surface area contributed by atoms with Gasteiger partial charge in [-0.25, -0.2) is 0 Å². The van der Waals surface area contributed by atoms with Gasteiger partial charge in [0.2, 0.25) is 0 Å². The normalized spacial score (nSPS) is 12.3. The summed E-state index contributed by atoms with van der Waals surface area (Å²) >= 11 is 0. The van der Waals surface area contributed by atoms with Crippen molar-refractivity contribution in [1.29, 1.82) is 0 Å². The van der Waals surface area contributed by atoms with Gasteiger partial charge in [0.1, 0.15) is 0 Å². The van der Waals surface area contributed by atoms with E-state index >= 15 is 0 Å². The second-order valence-corrected chi connectivity index (χ2v) is 6.96. The highest BCUT2D eigenvalue weighted by atomic mass is 16.5. The molecule has 0 saturated heterocycles. The molecular formula is C20H28N2O3. The molecule has 0 aliphatic rings. The third-order valence-corrected chi connectivity index (χ3v) is 4.22. The van der Waals surface area contributed by atoms with Crippen molar-refractivity contribution in [3.8, 4) is 0 Å². The minimum Gasteiger partial charge on any atom is -0.456 e. The van der Waals surface area contributed by atoms with Crippen molar-refractivity contribution in [3.05, 3.63) is 36.0 Å². The number of rotatable bonds is 9.